The lowest BCUT2D eigenvalue weighted by Gasteiger charge is -2.61. The van der Waals surface area contributed by atoms with E-state index in [0.717, 1.165) is 19.3 Å². The topological polar surface area (TPSA) is 127 Å². The summed E-state index contributed by atoms with van der Waals surface area (Å²) in [7, 11) is -8.77. The van der Waals surface area contributed by atoms with Crippen molar-refractivity contribution in [1.29, 1.82) is 0 Å². The third-order valence-electron chi connectivity index (χ3n) is 10.7. The lowest BCUT2D eigenvalue weighted by atomic mass is 9.44. The summed E-state index contributed by atoms with van der Waals surface area (Å²) in [5.41, 5.74) is 0.513. The van der Waals surface area contributed by atoms with E-state index in [-0.39, 0.29) is 12.0 Å². The molecular weight excluding hydrogens is 480 g/mol. The molecule has 4 fully saturated rings. The third-order valence-corrected chi connectivity index (χ3v) is 11.7. The van der Waals surface area contributed by atoms with Gasteiger partial charge in [-0.2, -0.15) is 16.8 Å². The molecule has 0 aromatic heterocycles. The summed E-state index contributed by atoms with van der Waals surface area (Å²) in [5, 5.41) is 0. The van der Waals surface area contributed by atoms with E-state index in [4.69, 9.17) is 13.3 Å². The number of fused-ring (bicyclic) bond motifs is 5. The van der Waals surface area contributed by atoms with Crippen LogP contribution >= 0.6 is 0 Å². The van der Waals surface area contributed by atoms with Crippen molar-refractivity contribution in [3.63, 3.8) is 0 Å². The first kappa shape index (κ1) is 26.8. The Bertz CT molecular complexity index is 950. The van der Waals surface area contributed by atoms with Crippen molar-refractivity contribution in [2.24, 2.45) is 46.3 Å². The van der Waals surface area contributed by atoms with Crippen molar-refractivity contribution >= 4 is 20.8 Å². The molecular formula is C24H42O8S2. The normalized spacial score (nSPS) is 43.6. The maximum Gasteiger partial charge on any atom is 0.397 e. The Morgan fingerprint density at radius 1 is 0.882 bits per heavy atom. The molecule has 4 rings (SSSR count). The second-order valence-corrected chi connectivity index (χ2v) is 14.3. The first-order chi connectivity index (χ1) is 15.7. The van der Waals surface area contributed by atoms with Gasteiger partial charge in [0.1, 0.15) is 0 Å². The summed E-state index contributed by atoms with van der Waals surface area (Å²) in [5.74, 6) is 3.62. The number of hydrogen-bond acceptors (Lipinski definition) is 6. The molecule has 4 aliphatic rings. The van der Waals surface area contributed by atoms with Crippen LogP contribution in [0.2, 0.25) is 0 Å². The van der Waals surface area contributed by atoms with Gasteiger partial charge in [0.25, 0.3) is 0 Å². The molecule has 0 heterocycles. The van der Waals surface area contributed by atoms with E-state index in [1.807, 2.05) is 0 Å². The van der Waals surface area contributed by atoms with Crippen molar-refractivity contribution < 1.29 is 34.3 Å². The van der Waals surface area contributed by atoms with Gasteiger partial charge in [0, 0.05) is 0 Å². The van der Waals surface area contributed by atoms with Gasteiger partial charge in [-0.25, -0.2) is 8.37 Å². The minimum atomic E-state index is -4.40. The van der Waals surface area contributed by atoms with E-state index < -0.39 is 26.9 Å². The smallest absolute Gasteiger partial charge is 0.264 e. The average Bonchev–Trinajstić information content (AvgIpc) is 3.07. The SMILES string of the molecule is C[C@H](CCCOS(=O)(=O)O)[C@H]1CC[C@H]2[C@@H]3CC[C@@H]4C[C@H](OS(=O)(=O)O)CC[C@]4(C)[C@H]3CC[C@]12C. The highest BCUT2D eigenvalue weighted by molar-refractivity contribution is 7.81. The van der Waals surface area contributed by atoms with E-state index in [1.54, 1.807) is 0 Å². The Labute approximate surface area is 205 Å². The van der Waals surface area contributed by atoms with Gasteiger partial charge >= 0.3 is 20.8 Å². The van der Waals surface area contributed by atoms with E-state index >= 15 is 0 Å². The molecule has 4 saturated carbocycles. The molecule has 0 unspecified atom stereocenters. The predicted octanol–water partition coefficient (Wildman–Crippen LogP) is 5.07. The Morgan fingerprint density at radius 2 is 1.56 bits per heavy atom. The minimum absolute atomic E-state index is 0.0305. The summed E-state index contributed by atoms with van der Waals surface area (Å²) in [6, 6.07) is 0. The second kappa shape index (κ2) is 9.56. The van der Waals surface area contributed by atoms with E-state index in [1.165, 1.54) is 32.1 Å². The van der Waals surface area contributed by atoms with Crippen LogP contribution in [0.25, 0.3) is 0 Å². The Hall–Kier alpha value is -0.260. The molecule has 9 atom stereocenters. The number of rotatable bonds is 8. The van der Waals surface area contributed by atoms with Crippen LogP contribution < -0.4 is 0 Å². The highest BCUT2D eigenvalue weighted by atomic mass is 32.3. The van der Waals surface area contributed by atoms with E-state index in [9.17, 15) is 16.8 Å². The quantitative estimate of drug-likeness (QED) is 0.334. The molecule has 0 saturated heterocycles. The van der Waals surface area contributed by atoms with Crippen LogP contribution in [0.4, 0.5) is 0 Å². The lowest BCUT2D eigenvalue weighted by molar-refractivity contribution is -0.127. The summed E-state index contributed by atoms with van der Waals surface area (Å²) in [6.45, 7) is 7.22. The van der Waals surface area contributed by atoms with E-state index in [2.05, 4.69) is 25.0 Å². The summed E-state index contributed by atoms with van der Waals surface area (Å²) < 4.78 is 71.4. The summed E-state index contributed by atoms with van der Waals surface area (Å²) >= 11 is 0. The van der Waals surface area contributed by atoms with Gasteiger partial charge in [-0.3, -0.25) is 9.11 Å². The van der Waals surface area contributed by atoms with Gasteiger partial charge in [-0.1, -0.05) is 20.8 Å². The minimum Gasteiger partial charge on any atom is -0.264 e. The van der Waals surface area contributed by atoms with Crippen LogP contribution in [0.15, 0.2) is 0 Å². The van der Waals surface area contributed by atoms with Crippen LogP contribution in [0, 0.1) is 46.3 Å². The van der Waals surface area contributed by atoms with Gasteiger partial charge in [0.15, 0.2) is 0 Å². The molecule has 0 aliphatic heterocycles. The first-order valence-corrected chi connectivity index (χ1v) is 15.7. The molecule has 198 valence electrons. The van der Waals surface area contributed by atoms with Gasteiger partial charge < -0.3 is 0 Å². The van der Waals surface area contributed by atoms with Crippen LogP contribution in [-0.4, -0.2) is 38.7 Å². The molecule has 0 amide bonds. The van der Waals surface area contributed by atoms with Crippen molar-refractivity contribution in [2.45, 2.75) is 97.5 Å². The number of hydrogen-bond donors (Lipinski definition) is 2. The maximum atomic E-state index is 11.2. The monoisotopic (exact) mass is 522 g/mol. The zero-order valence-electron chi connectivity index (χ0n) is 20.7. The highest BCUT2D eigenvalue weighted by Crippen LogP contribution is 2.68. The fourth-order valence-corrected chi connectivity index (χ4v) is 10.1. The highest BCUT2D eigenvalue weighted by Gasteiger charge is 2.60. The zero-order valence-corrected chi connectivity index (χ0v) is 22.3. The molecule has 10 heteroatoms. The van der Waals surface area contributed by atoms with Gasteiger partial charge in [0.2, 0.25) is 0 Å². The lowest BCUT2D eigenvalue weighted by Crippen LogP contribution is -2.54. The van der Waals surface area contributed by atoms with Crippen molar-refractivity contribution in [3.05, 3.63) is 0 Å². The molecule has 0 radical (unpaired) electrons. The van der Waals surface area contributed by atoms with Gasteiger partial charge in [-0.15, -0.1) is 0 Å². The fraction of sp³-hybridized carbons (Fsp3) is 1.00. The molecule has 0 aromatic rings. The standard InChI is InChI=1S/C24H42O8S2/c1-16(5-4-14-31-33(25,26)27)20-8-9-21-19-7-6-17-15-18(32-34(28,29)30)10-12-23(17,2)22(19)11-13-24(20,21)3/h16-22H,4-15H2,1-3H3,(H,25,26,27)(H,28,29,30)/t16-,17-,18-,19+,20-,21+,22+,23+,24-/m1/s1. The van der Waals surface area contributed by atoms with E-state index in [0.29, 0.717) is 60.2 Å². The van der Waals surface area contributed by atoms with Crippen molar-refractivity contribution in [1.82, 2.24) is 0 Å². The molecule has 4 aliphatic carbocycles. The molecule has 2 N–H and O–H groups in total. The predicted molar refractivity (Wildman–Crippen MR) is 128 cm³/mol. The summed E-state index contributed by atoms with van der Waals surface area (Å²) in [6.07, 6.45) is 10.6. The molecule has 34 heavy (non-hydrogen) atoms. The largest absolute Gasteiger partial charge is 0.397 e. The van der Waals surface area contributed by atoms with Crippen molar-refractivity contribution in [2.75, 3.05) is 6.61 Å². The first-order valence-electron chi connectivity index (χ1n) is 13.0. The Kier molecular flexibility index (Phi) is 7.53. The van der Waals surface area contributed by atoms with Gasteiger partial charge in [-0.05, 0) is 117 Å². The van der Waals surface area contributed by atoms with Crippen LogP contribution in [0.1, 0.15) is 91.4 Å². The van der Waals surface area contributed by atoms with Crippen molar-refractivity contribution in [3.8, 4) is 0 Å². The zero-order chi connectivity index (χ0) is 24.9. The second-order valence-electron chi connectivity index (χ2n) is 12.2. The Balaban J connectivity index is 1.40. The molecule has 0 bridgehead atoms. The molecule has 8 nitrogen and oxygen atoms in total. The average molecular weight is 523 g/mol. The fourth-order valence-electron chi connectivity index (χ4n) is 9.22. The third kappa shape index (κ3) is 5.37. The van der Waals surface area contributed by atoms with Gasteiger partial charge in [0.05, 0.1) is 12.7 Å². The van der Waals surface area contributed by atoms with Crippen LogP contribution in [0.3, 0.4) is 0 Å². The Morgan fingerprint density at radius 3 is 2.24 bits per heavy atom. The maximum absolute atomic E-state index is 11.2. The molecule has 0 aromatic carbocycles. The van der Waals surface area contributed by atoms with Crippen LogP contribution in [0.5, 0.6) is 0 Å². The van der Waals surface area contributed by atoms with Crippen LogP contribution in [-0.2, 0) is 29.2 Å². The molecule has 0 spiro atoms. The summed E-state index contributed by atoms with van der Waals surface area (Å²) in [4.78, 5) is 0.